The summed E-state index contributed by atoms with van der Waals surface area (Å²) in [4.78, 5) is 72.6. The van der Waals surface area contributed by atoms with Crippen molar-refractivity contribution in [3.8, 4) is 0 Å². The van der Waals surface area contributed by atoms with Crippen LogP contribution in [0.2, 0.25) is 0 Å². The molecule has 0 saturated carbocycles. The molecule has 0 aliphatic rings. The van der Waals surface area contributed by atoms with Crippen molar-refractivity contribution in [3.05, 3.63) is 0 Å². The van der Waals surface area contributed by atoms with Gasteiger partial charge in [0.15, 0.2) is 12.2 Å². The summed E-state index contributed by atoms with van der Waals surface area (Å²) in [5.74, 6) is 0.883. The molecule has 0 spiro atoms. The van der Waals surface area contributed by atoms with Crippen LogP contribution in [0.3, 0.4) is 0 Å². The Morgan fingerprint density at radius 2 is 0.516 bits per heavy atom. The lowest BCUT2D eigenvalue weighted by Crippen LogP contribution is -2.30. The van der Waals surface area contributed by atoms with Crippen molar-refractivity contribution >= 4 is 39.5 Å². The predicted octanol–water partition coefficient (Wildman–Crippen LogP) is 21.3. The summed E-state index contributed by atoms with van der Waals surface area (Å²) in [6, 6.07) is 0. The molecule has 0 radical (unpaired) electrons. The number of carbonyl (C=O) groups is 4. The highest BCUT2D eigenvalue weighted by molar-refractivity contribution is 7.47. The molecule has 0 rings (SSSR count). The van der Waals surface area contributed by atoms with Crippen LogP contribution in [-0.2, 0) is 65.4 Å². The molecule has 0 aliphatic heterocycles. The lowest BCUT2D eigenvalue weighted by Gasteiger charge is -2.21. The Hall–Kier alpha value is -1.94. The summed E-state index contributed by atoms with van der Waals surface area (Å²) in [5, 5.41) is 10.6. The molecule has 0 bridgehead atoms. The highest BCUT2D eigenvalue weighted by atomic mass is 31.2. The minimum atomic E-state index is -4.96. The van der Waals surface area contributed by atoms with Gasteiger partial charge in [0.05, 0.1) is 26.4 Å². The Balaban J connectivity index is 5.22. The minimum absolute atomic E-state index is 0.101. The van der Waals surface area contributed by atoms with Gasteiger partial charge in [-0.1, -0.05) is 319 Å². The van der Waals surface area contributed by atoms with Crippen LogP contribution in [0.5, 0.6) is 0 Å². The van der Waals surface area contributed by atoms with E-state index in [0.29, 0.717) is 37.5 Å². The number of carbonyl (C=O) groups excluding carboxylic acids is 4. The third kappa shape index (κ3) is 67.0. The fraction of sp³-hybridized carbons (Fsp3) is 0.946. The molecule has 3 N–H and O–H groups in total. The van der Waals surface area contributed by atoms with E-state index < -0.39 is 97.5 Å². The second-order valence-electron chi connectivity index (χ2n) is 28.4. The zero-order chi connectivity index (χ0) is 68.9. The average molecular weight is 1370 g/mol. The second-order valence-corrected chi connectivity index (χ2v) is 31.3. The van der Waals surface area contributed by atoms with Crippen molar-refractivity contribution < 1.29 is 80.2 Å². The number of phosphoric acid groups is 2. The summed E-state index contributed by atoms with van der Waals surface area (Å²) < 4.78 is 68.4. The Kier molecular flexibility index (Phi) is 62.2. The third-order valence-corrected chi connectivity index (χ3v) is 19.3. The first-order chi connectivity index (χ1) is 44.6. The van der Waals surface area contributed by atoms with Gasteiger partial charge >= 0.3 is 39.5 Å². The summed E-state index contributed by atoms with van der Waals surface area (Å²) in [6.07, 6.45) is 47.4. The number of esters is 4. The Labute approximate surface area is 568 Å². The molecule has 0 saturated heterocycles. The van der Waals surface area contributed by atoms with E-state index in [1.54, 1.807) is 0 Å². The van der Waals surface area contributed by atoms with E-state index in [9.17, 15) is 43.2 Å². The van der Waals surface area contributed by atoms with E-state index in [4.69, 9.17) is 37.0 Å². The standard InChI is InChI=1S/C74H144O17P2/c1-9-67(8)53-45-37-28-22-18-14-10-11-15-20-24-30-40-48-56-73(78)90-69(60-84-71(76)54-46-38-29-23-19-16-12-13-17-21-26-34-42-50-64(2)3)62-88-92(80,81)86-58-68(75)59-87-93(82,83)89-63-70(91-74(79)57-49-41-33-32-36-44-52-66(6)7)61-85-72(77)55-47-39-31-25-27-35-43-51-65(4)5/h64-70,75H,9-63H2,1-8H3,(H,80,81)(H,82,83)/t67?,68?,69-,70-/m1/s1. The van der Waals surface area contributed by atoms with Gasteiger partial charge in [0.2, 0.25) is 0 Å². The monoisotopic (exact) mass is 1370 g/mol. The highest BCUT2D eigenvalue weighted by Crippen LogP contribution is 2.45. The van der Waals surface area contributed by atoms with E-state index in [-0.39, 0.29) is 25.7 Å². The van der Waals surface area contributed by atoms with Gasteiger partial charge < -0.3 is 33.8 Å². The van der Waals surface area contributed by atoms with Gasteiger partial charge in [0.25, 0.3) is 0 Å². The first-order valence-electron chi connectivity index (χ1n) is 38.2. The molecule has 0 aromatic carbocycles. The maximum atomic E-state index is 13.1. The summed E-state index contributed by atoms with van der Waals surface area (Å²) in [6.45, 7) is 14.1. The fourth-order valence-corrected chi connectivity index (χ4v) is 12.7. The van der Waals surface area contributed by atoms with Gasteiger partial charge in [0, 0.05) is 25.7 Å². The first-order valence-corrected chi connectivity index (χ1v) is 41.2. The number of hydrogen-bond donors (Lipinski definition) is 3. The van der Waals surface area contributed by atoms with Crippen LogP contribution in [-0.4, -0.2) is 96.7 Å². The van der Waals surface area contributed by atoms with Gasteiger partial charge in [-0.25, -0.2) is 9.13 Å². The number of aliphatic hydroxyl groups is 1. The molecular formula is C74H144O17P2. The number of phosphoric ester groups is 2. The summed E-state index contributed by atoms with van der Waals surface area (Å²) >= 11 is 0. The quantitative estimate of drug-likeness (QED) is 0.0222. The molecule has 0 aromatic rings. The molecule has 19 heteroatoms. The molecule has 0 heterocycles. The van der Waals surface area contributed by atoms with Crippen LogP contribution in [0.25, 0.3) is 0 Å². The molecule has 4 unspecified atom stereocenters. The van der Waals surface area contributed by atoms with Crippen LogP contribution in [0.15, 0.2) is 0 Å². The molecule has 0 aliphatic carbocycles. The van der Waals surface area contributed by atoms with E-state index in [0.717, 1.165) is 108 Å². The fourth-order valence-electron chi connectivity index (χ4n) is 11.2. The van der Waals surface area contributed by atoms with Crippen molar-refractivity contribution in [2.24, 2.45) is 23.7 Å². The Bertz CT molecular complexity index is 1840. The number of rotatable bonds is 71. The van der Waals surface area contributed by atoms with E-state index in [1.807, 2.05) is 0 Å². The van der Waals surface area contributed by atoms with Gasteiger partial charge in [-0.05, 0) is 49.4 Å². The SMILES string of the molecule is CCC(C)CCCCCCCCCCCCCCCCC(=O)O[C@H](COC(=O)CCCCCCCCCCCCCCCC(C)C)COP(=O)(O)OCC(O)COP(=O)(O)OC[C@@H](COC(=O)CCCCCCCCCC(C)C)OC(=O)CCCCCCCCC(C)C. The summed E-state index contributed by atoms with van der Waals surface area (Å²) in [7, 11) is -9.91. The topological polar surface area (TPSA) is 237 Å². The second kappa shape index (κ2) is 63.5. The molecule has 93 heavy (non-hydrogen) atoms. The lowest BCUT2D eigenvalue weighted by molar-refractivity contribution is -0.161. The van der Waals surface area contributed by atoms with Crippen LogP contribution >= 0.6 is 15.6 Å². The van der Waals surface area contributed by atoms with Gasteiger partial charge in [0.1, 0.15) is 19.3 Å². The largest absolute Gasteiger partial charge is 0.472 e. The Morgan fingerprint density at radius 3 is 0.763 bits per heavy atom. The van der Waals surface area contributed by atoms with Crippen LogP contribution in [0.1, 0.15) is 370 Å². The molecule has 0 amide bonds. The van der Waals surface area contributed by atoms with Gasteiger partial charge in [-0.2, -0.15) is 0 Å². The van der Waals surface area contributed by atoms with Crippen molar-refractivity contribution in [1.82, 2.24) is 0 Å². The molecule has 0 aromatic heterocycles. The van der Waals surface area contributed by atoms with Crippen molar-refractivity contribution in [2.45, 2.75) is 388 Å². The third-order valence-electron chi connectivity index (χ3n) is 17.4. The molecule has 6 atom stereocenters. The van der Waals surface area contributed by atoms with Crippen molar-refractivity contribution in [3.63, 3.8) is 0 Å². The first kappa shape index (κ1) is 91.1. The lowest BCUT2D eigenvalue weighted by atomic mass is 9.99. The van der Waals surface area contributed by atoms with E-state index in [2.05, 4.69) is 55.4 Å². The molecule has 0 fully saturated rings. The average Bonchev–Trinajstić information content (AvgIpc) is 2.64. The normalized spacial score (nSPS) is 14.5. The number of unbranched alkanes of at least 4 members (excludes halogenated alkanes) is 36. The minimum Gasteiger partial charge on any atom is -0.462 e. The van der Waals surface area contributed by atoms with E-state index >= 15 is 0 Å². The van der Waals surface area contributed by atoms with Crippen molar-refractivity contribution in [2.75, 3.05) is 39.6 Å². The van der Waals surface area contributed by atoms with Gasteiger partial charge in [-0.3, -0.25) is 37.3 Å². The zero-order valence-corrected chi connectivity index (χ0v) is 62.7. The summed E-state index contributed by atoms with van der Waals surface area (Å²) in [5.41, 5.74) is 0. The van der Waals surface area contributed by atoms with Crippen LogP contribution < -0.4 is 0 Å². The maximum Gasteiger partial charge on any atom is 0.472 e. The predicted molar refractivity (Wildman–Crippen MR) is 377 cm³/mol. The molecule has 17 nitrogen and oxygen atoms in total. The van der Waals surface area contributed by atoms with E-state index in [1.165, 1.54) is 167 Å². The number of aliphatic hydroxyl groups excluding tert-OH is 1. The smallest absolute Gasteiger partial charge is 0.462 e. The molecular weight excluding hydrogens is 1220 g/mol. The van der Waals surface area contributed by atoms with Crippen LogP contribution in [0.4, 0.5) is 0 Å². The molecule has 552 valence electrons. The number of ether oxygens (including phenoxy) is 4. The Morgan fingerprint density at radius 1 is 0.301 bits per heavy atom. The maximum absolute atomic E-state index is 13.1. The van der Waals surface area contributed by atoms with Gasteiger partial charge in [-0.15, -0.1) is 0 Å². The zero-order valence-electron chi connectivity index (χ0n) is 60.9. The number of hydrogen-bond acceptors (Lipinski definition) is 15. The van der Waals surface area contributed by atoms with Crippen LogP contribution in [0, 0.1) is 23.7 Å². The highest BCUT2D eigenvalue weighted by Gasteiger charge is 2.30. The van der Waals surface area contributed by atoms with Crippen molar-refractivity contribution in [1.29, 1.82) is 0 Å².